The number of hydrogen-bond donors (Lipinski definition) is 1. The Hall–Kier alpha value is -0.0400. The molecule has 0 fully saturated rings. The molecule has 1 atom stereocenters. The summed E-state index contributed by atoms with van der Waals surface area (Å²) in [5.41, 5.74) is 0.709. The highest BCUT2D eigenvalue weighted by atomic mass is 16.3. The number of aliphatic hydroxyl groups excluding tert-OH is 1. The molecule has 0 aromatic rings. The van der Waals surface area contributed by atoms with Crippen molar-refractivity contribution in [1.29, 1.82) is 0 Å². The molecule has 80 valence electrons. The summed E-state index contributed by atoms with van der Waals surface area (Å²) in [4.78, 5) is 0. The van der Waals surface area contributed by atoms with Gasteiger partial charge < -0.3 is 5.11 Å². The highest BCUT2D eigenvalue weighted by Gasteiger charge is 2.28. The lowest BCUT2D eigenvalue weighted by Crippen LogP contribution is -2.25. The van der Waals surface area contributed by atoms with Crippen molar-refractivity contribution >= 4 is 0 Å². The summed E-state index contributed by atoms with van der Waals surface area (Å²) >= 11 is 0. The van der Waals surface area contributed by atoms with Gasteiger partial charge >= 0.3 is 0 Å². The zero-order valence-electron chi connectivity index (χ0n) is 9.98. The highest BCUT2D eigenvalue weighted by Crippen LogP contribution is 2.39. The van der Waals surface area contributed by atoms with Crippen molar-refractivity contribution in [2.45, 2.75) is 60.3 Å². The van der Waals surface area contributed by atoms with Crippen LogP contribution < -0.4 is 0 Å². The monoisotopic (exact) mass is 186 g/mol. The summed E-state index contributed by atoms with van der Waals surface area (Å²) in [5.74, 6) is 0. The molecular formula is C12H26O. The Kier molecular flexibility index (Phi) is 4.98. The van der Waals surface area contributed by atoms with E-state index >= 15 is 0 Å². The zero-order valence-corrected chi connectivity index (χ0v) is 9.98. The van der Waals surface area contributed by atoms with Crippen molar-refractivity contribution in [2.75, 3.05) is 6.61 Å². The Morgan fingerprint density at radius 2 is 1.54 bits per heavy atom. The van der Waals surface area contributed by atoms with Crippen molar-refractivity contribution in [2.24, 2.45) is 10.8 Å². The van der Waals surface area contributed by atoms with Crippen LogP contribution in [0.5, 0.6) is 0 Å². The second-order valence-electron chi connectivity index (χ2n) is 5.77. The van der Waals surface area contributed by atoms with Gasteiger partial charge in [-0.1, -0.05) is 41.0 Å². The van der Waals surface area contributed by atoms with Crippen LogP contribution in [0, 0.1) is 10.8 Å². The minimum Gasteiger partial charge on any atom is -0.396 e. The lowest BCUT2D eigenvalue weighted by Gasteiger charge is -2.35. The Balaban J connectivity index is 4.22. The topological polar surface area (TPSA) is 20.2 Å². The van der Waals surface area contributed by atoms with Gasteiger partial charge in [-0.05, 0) is 30.1 Å². The molecule has 0 amide bonds. The second kappa shape index (κ2) is 4.99. The van der Waals surface area contributed by atoms with Crippen LogP contribution >= 0.6 is 0 Å². The maximum Gasteiger partial charge on any atom is 0.0436 e. The third-order valence-electron chi connectivity index (χ3n) is 2.53. The summed E-state index contributed by atoms with van der Waals surface area (Å²) < 4.78 is 0. The molecule has 0 saturated carbocycles. The fourth-order valence-corrected chi connectivity index (χ4v) is 2.46. The fourth-order valence-electron chi connectivity index (χ4n) is 2.46. The number of hydrogen-bond acceptors (Lipinski definition) is 1. The molecule has 0 radical (unpaired) electrons. The molecule has 0 saturated heterocycles. The quantitative estimate of drug-likeness (QED) is 0.695. The van der Waals surface area contributed by atoms with Crippen molar-refractivity contribution in [3.8, 4) is 0 Å². The summed E-state index contributed by atoms with van der Waals surface area (Å²) in [7, 11) is 0. The predicted molar refractivity (Wildman–Crippen MR) is 58.8 cm³/mol. The third-order valence-corrected chi connectivity index (χ3v) is 2.53. The largest absolute Gasteiger partial charge is 0.396 e. The van der Waals surface area contributed by atoms with Gasteiger partial charge in [0.2, 0.25) is 0 Å². The SMILES string of the molecule is CCCC(C)(CCO)CC(C)(C)C. The average Bonchev–Trinajstić information content (AvgIpc) is 1.82. The smallest absolute Gasteiger partial charge is 0.0436 e. The molecule has 0 aliphatic carbocycles. The first-order valence-corrected chi connectivity index (χ1v) is 5.44. The molecule has 1 N–H and O–H groups in total. The molecule has 1 nitrogen and oxygen atoms in total. The summed E-state index contributed by atoms with van der Waals surface area (Å²) in [6, 6.07) is 0. The Bertz CT molecular complexity index is 127. The van der Waals surface area contributed by atoms with Crippen LogP contribution in [-0.4, -0.2) is 11.7 Å². The molecule has 0 bridgehead atoms. The van der Waals surface area contributed by atoms with Crippen LogP contribution in [-0.2, 0) is 0 Å². The van der Waals surface area contributed by atoms with Gasteiger partial charge in [-0.2, -0.15) is 0 Å². The van der Waals surface area contributed by atoms with Crippen molar-refractivity contribution in [3.63, 3.8) is 0 Å². The highest BCUT2D eigenvalue weighted by molar-refractivity contribution is 4.79. The molecular weight excluding hydrogens is 160 g/mol. The molecule has 0 aromatic heterocycles. The molecule has 0 aromatic carbocycles. The summed E-state index contributed by atoms with van der Waals surface area (Å²) in [6.45, 7) is 11.7. The Labute approximate surface area is 83.5 Å². The van der Waals surface area contributed by atoms with E-state index in [4.69, 9.17) is 5.11 Å². The molecule has 13 heavy (non-hydrogen) atoms. The third kappa shape index (κ3) is 6.09. The van der Waals surface area contributed by atoms with Crippen LogP contribution in [0.15, 0.2) is 0 Å². The molecule has 0 aliphatic heterocycles. The van der Waals surface area contributed by atoms with E-state index in [0.29, 0.717) is 17.4 Å². The van der Waals surface area contributed by atoms with E-state index < -0.39 is 0 Å². The normalized spacial score (nSPS) is 17.1. The molecule has 0 heterocycles. The van der Waals surface area contributed by atoms with E-state index in [1.54, 1.807) is 0 Å². The van der Waals surface area contributed by atoms with Crippen molar-refractivity contribution in [1.82, 2.24) is 0 Å². The van der Waals surface area contributed by atoms with Gasteiger partial charge in [-0.25, -0.2) is 0 Å². The molecule has 1 unspecified atom stereocenters. The van der Waals surface area contributed by atoms with Crippen molar-refractivity contribution in [3.05, 3.63) is 0 Å². The Morgan fingerprint density at radius 1 is 1.00 bits per heavy atom. The van der Waals surface area contributed by atoms with Crippen LogP contribution in [0.1, 0.15) is 60.3 Å². The lowest BCUT2D eigenvalue weighted by atomic mass is 9.71. The fraction of sp³-hybridized carbons (Fsp3) is 1.00. The van der Waals surface area contributed by atoms with Crippen LogP contribution in [0.25, 0.3) is 0 Å². The summed E-state index contributed by atoms with van der Waals surface area (Å²) in [6.07, 6.45) is 4.59. The number of aliphatic hydroxyl groups is 1. The summed E-state index contributed by atoms with van der Waals surface area (Å²) in [5, 5.41) is 9.03. The van der Waals surface area contributed by atoms with Gasteiger partial charge in [0, 0.05) is 6.61 Å². The minimum atomic E-state index is 0.326. The van der Waals surface area contributed by atoms with Crippen molar-refractivity contribution < 1.29 is 5.11 Å². The first-order chi connectivity index (χ1) is 5.83. The second-order valence-corrected chi connectivity index (χ2v) is 5.77. The molecule has 0 spiro atoms. The molecule has 0 rings (SSSR count). The lowest BCUT2D eigenvalue weighted by molar-refractivity contribution is 0.127. The predicted octanol–water partition coefficient (Wildman–Crippen LogP) is 3.61. The zero-order chi connectivity index (χ0) is 10.5. The number of rotatable bonds is 5. The van der Waals surface area contributed by atoms with Crippen LogP contribution in [0.2, 0.25) is 0 Å². The first kappa shape index (κ1) is 13.0. The maximum absolute atomic E-state index is 9.03. The van der Waals surface area contributed by atoms with Gasteiger partial charge in [0.15, 0.2) is 0 Å². The van der Waals surface area contributed by atoms with E-state index in [0.717, 1.165) is 6.42 Å². The molecule has 0 aliphatic rings. The van der Waals surface area contributed by atoms with E-state index in [9.17, 15) is 0 Å². The maximum atomic E-state index is 9.03. The first-order valence-electron chi connectivity index (χ1n) is 5.44. The Morgan fingerprint density at radius 3 is 1.85 bits per heavy atom. The van der Waals surface area contributed by atoms with Gasteiger partial charge in [-0.3, -0.25) is 0 Å². The van der Waals surface area contributed by atoms with Gasteiger partial charge in [0.1, 0.15) is 0 Å². The van der Waals surface area contributed by atoms with Crippen LogP contribution in [0.4, 0.5) is 0 Å². The molecule has 1 heteroatoms. The van der Waals surface area contributed by atoms with Gasteiger partial charge in [-0.15, -0.1) is 0 Å². The van der Waals surface area contributed by atoms with E-state index in [2.05, 4.69) is 34.6 Å². The standard InChI is InChI=1S/C12H26O/c1-6-7-12(5,8-9-13)10-11(2,3)4/h13H,6-10H2,1-5H3. The van der Waals surface area contributed by atoms with E-state index in [-0.39, 0.29) is 0 Å². The minimum absolute atomic E-state index is 0.326. The van der Waals surface area contributed by atoms with E-state index in [1.165, 1.54) is 19.3 Å². The average molecular weight is 186 g/mol. The van der Waals surface area contributed by atoms with Gasteiger partial charge in [0.05, 0.1) is 0 Å². The van der Waals surface area contributed by atoms with Gasteiger partial charge in [0.25, 0.3) is 0 Å². The van der Waals surface area contributed by atoms with Crippen LogP contribution in [0.3, 0.4) is 0 Å². The van der Waals surface area contributed by atoms with E-state index in [1.807, 2.05) is 0 Å².